The van der Waals surface area contributed by atoms with Crippen LogP contribution in [0, 0.1) is 6.92 Å². The number of nitrogens with zero attached hydrogens (tertiary/aromatic N) is 4. The molecular formula is C17H15Cl3N4O2S. The van der Waals surface area contributed by atoms with Gasteiger partial charge in [-0.25, -0.2) is 0 Å². The van der Waals surface area contributed by atoms with Crippen LogP contribution in [-0.2, 0) is 6.61 Å². The maximum atomic E-state index is 6.11. The number of hydrogen-bond acceptors (Lipinski definition) is 6. The van der Waals surface area contributed by atoms with Crippen molar-refractivity contribution in [1.82, 2.24) is 14.9 Å². The van der Waals surface area contributed by atoms with Gasteiger partial charge in [-0.3, -0.25) is 0 Å². The average molecular weight is 446 g/mol. The molecule has 2 heterocycles. The first-order valence-electron chi connectivity index (χ1n) is 7.93. The second-order valence-electron chi connectivity index (χ2n) is 5.31. The monoisotopic (exact) mass is 444 g/mol. The third-order valence-corrected chi connectivity index (χ3v) is 4.93. The highest BCUT2D eigenvalue weighted by molar-refractivity contribution is 7.99. The van der Waals surface area contributed by atoms with E-state index >= 15 is 0 Å². The molecule has 2 aromatic heterocycles. The lowest BCUT2D eigenvalue weighted by Gasteiger charge is -2.08. The molecule has 0 saturated heterocycles. The van der Waals surface area contributed by atoms with Crippen LogP contribution in [0.3, 0.4) is 0 Å². The molecule has 0 unspecified atom stereocenters. The van der Waals surface area contributed by atoms with Gasteiger partial charge in [0.2, 0.25) is 5.16 Å². The fourth-order valence-electron chi connectivity index (χ4n) is 2.16. The number of furan rings is 1. The summed E-state index contributed by atoms with van der Waals surface area (Å²) in [6, 6.07) is 6.72. The van der Waals surface area contributed by atoms with Crippen molar-refractivity contribution in [3.63, 3.8) is 0 Å². The highest BCUT2D eigenvalue weighted by Gasteiger charge is 2.11. The third-order valence-electron chi connectivity index (χ3n) is 3.35. The van der Waals surface area contributed by atoms with Crippen molar-refractivity contribution in [2.24, 2.45) is 5.10 Å². The fourth-order valence-corrected chi connectivity index (χ4v) is 3.74. The summed E-state index contributed by atoms with van der Waals surface area (Å²) in [5.41, 5.74) is 0. The maximum Gasteiger partial charge on any atom is 0.212 e. The number of benzene rings is 1. The van der Waals surface area contributed by atoms with Gasteiger partial charge in [0, 0.05) is 5.02 Å². The van der Waals surface area contributed by atoms with E-state index in [0.717, 1.165) is 10.9 Å². The molecular weight excluding hydrogens is 431 g/mol. The number of halogens is 3. The Morgan fingerprint density at radius 1 is 1.22 bits per heavy atom. The van der Waals surface area contributed by atoms with Gasteiger partial charge in [-0.2, -0.15) is 9.78 Å². The molecule has 0 radical (unpaired) electrons. The van der Waals surface area contributed by atoms with Crippen molar-refractivity contribution in [2.45, 2.75) is 25.6 Å². The predicted octanol–water partition coefficient (Wildman–Crippen LogP) is 5.71. The van der Waals surface area contributed by atoms with Gasteiger partial charge in [-0.1, -0.05) is 53.5 Å². The molecule has 10 heteroatoms. The van der Waals surface area contributed by atoms with Crippen LogP contribution in [-0.4, -0.2) is 26.8 Å². The van der Waals surface area contributed by atoms with Gasteiger partial charge >= 0.3 is 0 Å². The van der Waals surface area contributed by atoms with Crippen LogP contribution in [0.15, 0.2) is 38.9 Å². The molecule has 3 aromatic rings. The minimum absolute atomic E-state index is 0.164. The molecule has 0 fully saturated rings. The van der Waals surface area contributed by atoms with Crippen molar-refractivity contribution in [3.05, 3.63) is 56.7 Å². The summed E-state index contributed by atoms with van der Waals surface area (Å²) in [4.78, 5) is 0. The molecule has 0 saturated carbocycles. The second kappa shape index (κ2) is 9.01. The minimum Gasteiger partial charge on any atom is -0.483 e. The van der Waals surface area contributed by atoms with Crippen LogP contribution in [0.1, 0.15) is 24.3 Å². The van der Waals surface area contributed by atoms with Gasteiger partial charge in [0.15, 0.2) is 11.6 Å². The molecule has 0 amide bonds. The second-order valence-corrected chi connectivity index (χ2v) is 7.79. The van der Waals surface area contributed by atoms with E-state index in [0.29, 0.717) is 38.2 Å². The SMILES string of the molecule is CCSc1nnc(C)n1/N=C\c1ccc(COc2c(Cl)cc(Cl)cc2Cl)o1. The fraction of sp³-hybridized carbons (Fsp3) is 0.235. The van der Waals surface area contributed by atoms with Crippen LogP contribution in [0.5, 0.6) is 5.75 Å². The van der Waals surface area contributed by atoms with Crippen LogP contribution < -0.4 is 4.74 Å². The Morgan fingerprint density at radius 2 is 1.96 bits per heavy atom. The standard InChI is InChI=1S/C17H15Cl3N4O2S/c1-3-27-17-23-22-10(2)24(17)21-8-12-4-5-13(26-12)9-25-16-14(19)6-11(18)7-15(16)20/h4-8H,3,9H2,1-2H3/b21-8-. The van der Waals surface area contributed by atoms with Gasteiger partial charge in [0.05, 0.1) is 16.3 Å². The molecule has 1 aromatic carbocycles. The Morgan fingerprint density at radius 3 is 2.67 bits per heavy atom. The average Bonchev–Trinajstić information content (AvgIpc) is 3.19. The van der Waals surface area contributed by atoms with Crippen molar-refractivity contribution in [2.75, 3.05) is 5.75 Å². The van der Waals surface area contributed by atoms with E-state index in [1.807, 2.05) is 13.8 Å². The minimum atomic E-state index is 0.164. The molecule has 0 aliphatic heterocycles. The van der Waals surface area contributed by atoms with E-state index in [1.165, 1.54) is 0 Å². The number of ether oxygens (including phenoxy) is 1. The van der Waals surface area contributed by atoms with Gasteiger partial charge in [-0.15, -0.1) is 10.2 Å². The topological polar surface area (TPSA) is 65.4 Å². The maximum absolute atomic E-state index is 6.11. The van der Waals surface area contributed by atoms with Gasteiger partial charge < -0.3 is 9.15 Å². The number of aryl methyl sites for hydroxylation is 1. The van der Waals surface area contributed by atoms with Gasteiger partial charge in [0.25, 0.3) is 0 Å². The number of rotatable bonds is 7. The Bertz CT molecular complexity index is 948. The lowest BCUT2D eigenvalue weighted by atomic mass is 10.3. The normalized spacial score (nSPS) is 11.4. The third kappa shape index (κ3) is 4.99. The summed E-state index contributed by atoms with van der Waals surface area (Å²) in [6.07, 6.45) is 1.60. The van der Waals surface area contributed by atoms with Gasteiger partial charge in [-0.05, 0) is 36.9 Å². The Hall–Kier alpha value is -1.67. The molecule has 27 heavy (non-hydrogen) atoms. The summed E-state index contributed by atoms with van der Waals surface area (Å²) in [6.45, 7) is 4.04. The van der Waals surface area contributed by atoms with Crippen LogP contribution in [0.25, 0.3) is 0 Å². The van der Waals surface area contributed by atoms with E-state index in [-0.39, 0.29) is 6.61 Å². The molecule has 0 spiro atoms. The van der Waals surface area contributed by atoms with Gasteiger partial charge in [0.1, 0.15) is 18.1 Å². The zero-order valence-corrected chi connectivity index (χ0v) is 17.5. The summed E-state index contributed by atoms with van der Waals surface area (Å²) < 4.78 is 13.0. The van der Waals surface area contributed by atoms with E-state index in [2.05, 4.69) is 15.3 Å². The first-order chi connectivity index (χ1) is 13.0. The van der Waals surface area contributed by atoms with E-state index in [1.54, 1.807) is 46.9 Å². The Labute approximate surface area is 175 Å². The van der Waals surface area contributed by atoms with Crippen LogP contribution in [0.4, 0.5) is 0 Å². The van der Waals surface area contributed by atoms with Crippen LogP contribution >= 0.6 is 46.6 Å². The first kappa shape index (κ1) is 20.1. The molecule has 3 rings (SSSR count). The number of aromatic nitrogens is 3. The quantitative estimate of drug-likeness (QED) is 0.344. The Balaban J connectivity index is 1.68. The van der Waals surface area contributed by atoms with Crippen molar-refractivity contribution in [1.29, 1.82) is 0 Å². The Kier molecular flexibility index (Phi) is 6.70. The molecule has 0 bridgehead atoms. The number of hydrogen-bond donors (Lipinski definition) is 0. The summed E-state index contributed by atoms with van der Waals surface area (Å²) >= 11 is 19.7. The molecule has 0 aliphatic carbocycles. The van der Waals surface area contributed by atoms with Crippen molar-refractivity contribution in [3.8, 4) is 5.75 Å². The molecule has 0 aliphatic rings. The lowest BCUT2D eigenvalue weighted by molar-refractivity contribution is 0.270. The molecule has 0 N–H and O–H groups in total. The molecule has 142 valence electrons. The van der Waals surface area contributed by atoms with Crippen LogP contribution in [0.2, 0.25) is 15.1 Å². The number of thioether (sulfide) groups is 1. The smallest absolute Gasteiger partial charge is 0.212 e. The summed E-state index contributed by atoms with van der Waals surface area (Å²) in [7, 11) is 0. The van der Waals surface area contributed by atoms with Crippen molar-refractivity contribution < 1.29 is 9.15 Å². The summed E-state index contributed by atoms with van der Waals surface area (Å²) in [5, 5.41) is 14.3. The van der Waals surface area contributed by atoms with E-state index < -0.39 is 0 Å². The largest absolute Gasteiger partial charge is 0.483 e. The van der Waals surface area contributed by atoms with Crippen molar-refractivity contribution >= 4 is 52.8 Å². The summed E-state index contributed by atoms with van der Waals surface area (Å²) in [5.74, 6) is 3.11. The highest BCUT2D eigenvalue weighted by atomic mass is 35.5. The predicted molar refractivity (Wildman–Crippen MR) is 109 cm³/mol. The first-order valence-corrected chi connectivity index (χ1v) is 10.0. The van der Waals surface area contributed by atoms with E-state index in [9.17, 15) is 0 Å². The van der Waals surface area contributed by atoms with E-state index in [4.69, 9.17) is 44.0 Å². The lowest BCUT2D eigenvalue weighted by Crippen LogP contribution is -1.96. The zero-order chi connectivity index (χ0) is 19.4. The molecule has 0 atom stereocenters. The zero-order valence-electron chi connectivity index (χ0n) is 14.4. The molecule has 6 nitrogen and oxygen atoms in total. The highest BCUT2D eigenvalue weighted by Crippen LogP contribution is 2.36.